The highest BCUT2D eigenvalue weighted by Crippen LogP contribution is 2.32. The number of benzene rings is 2. The molecule has 158 valence electrons. The standard InChI is InChI=1S/C18H22N4O5S.ClH/c1-13-3-4-14(22(23)24)11-16(13)20-28(25,26)15-5-6-18(27-2)17(12-15)21-9-7-19-8-10-21;/h3-6,11-12,19-20H,7-10H2,1-2H3;1H. The van der Waals surface area contributed by atoms with Crippen LogP contribution in [0.3, 0.4) is 0 Å². The number of halogens is 1. The molecule has 0 unspecified atom stereocenters. The quantitative estimate of drug-likeness (QED) is 0.522. The largest absolute Gasteiger partial charge is 0.495 e. The molecule has 0 radical (unpaired) electrons. The SMILES string of the molecule is COc1ccc(S(=O)(=O)Nc2cc([N+](=O)[O-])ccc2C)cc1N1CCNCC1.Cl. The molecule has 2 N–H and O–H groups in total. The molecule has 1 aliphatic rings. The number of anilines is 2. The van der Waals surface area contributed by atoms with Crippen LogP contribution in [-0.4, -0.2) is 46.6 Å². The van der Waals surface area contributed by atoms with Crippen LogP contribution < -0.4 is 19.7 Å². The molecule has 2 aromatic carbocycles. The second kappa shape index (κ2) is 9.29. The molecule has 2 aromatic rings. The van der Waals surface area contributed by atoms with Gasteiger partial charge in [0.25, 0.3) is 15.7 Å². The molecular formula is C18H23ClN4O5S. The zero-order valence-electron chi connectivity index (χ0n) is 16.0. The van der Waals surface area contributed by atoms with Gasteiger partial charge in [0, 0.05) is 38.3 Å². The van der Waals surface area contributed by atoms with Crippen LogP contribution in [-0.2, 0) is 10.0 Å². The maximum absolute atomic E-state index is 12.9. The number of rotatable bonds is 6. The Hall–Kier alpha value is -2.56. The number of sulfonamides is 1. The topological polar surface area (TPSA) is 114 Å². The Morgan fingerprint density at radius 3 is 2.48 bits per heavy atom. The van der Waals surface area contributed by atoms with Crippen molar-refractivity contribution in [2.75, 3.05) is 42.9 Å². The van der Waals surface area contributed by atoms with Gasteiger partial charge in [0.05, 0.1) is 28.3 Å². The molecular weight excluding hydrogens is 420 g/mol. The van der Waals surface area contributed by atoms with Crippen LogP contribution in [0.5, 0.6) is 5.75 Å². The Bertz CT molecular complexity index is 994. The maximum atomic E-state index is 12.9. The lowest BCUT2D eigenvalue weighted by Gasteiger charge is -2.30. The van der Waals surface area contributed by atoms with Gasteiger partial charge in [-0.15, -0.1) is 12.4 Å². The number of aryl methyl sites for hydroxylation is 1. The summed E-state index contributed by atoms with van der Waals surface area (Å²) in [7, 11) is -2.39. The molecule has 29 heavy (non-hydrogen) atoms. The molecule has 1 aliphatic heterocycles. The average molecular weight is 443 g/mol. The highest BCUT2D eigenvalue weighted by molar-refractivity contribution is 7.92. The fourth-order valence-electron chi connectivity index (χ4n) is 3.03. The lowest BCUT2D eigenvalue weighted by Crippen LogP contribution is -2.43. The number of nitro benzene ring substituents is 1. The van der Waals surface area contributed by atoms with Crippen LogP contribution in [0.4, 0.5) is 17.1 Å². The van der Waals surface area contributed by atoms with Gasteiger partial charge in [-0.1, -0.05) is 6.07 Å². The average Bonchev–Trinajstić information content (AvgIpc) is 2.69. The lowest BCUT2D eigenvalue weighted by atomic mass is 10.2. The van der Waals surface area contributed by atoms with Crippen molar-refractivity contribution >= 4 is 39.5 Å². The third-order valence-corrected chi connectivity index (χ3v) is 5.96. The highest BCUT2D eigenvalue weighted by atomic mass is 35.5. The van der Waals surface area contributed by atoms with E-state index in [1.54, 1.807) is 26.2 Å². The number of hydrogen-bond donors (Lipinski definition) is 2. The zero-order chi connectivity index (χ0) is 20.3. The van der Waals surface area contributed by atoms with E-state index in [2.05, 4.69) is 14.9 Å². The minimum atomic E-state index is -3.93. The number of ether oxygens (including phenoxy) is 1. The van der Waals surface area contributed by atoms with Gasteiger partial charge in [-0.3, -0.25) is 14.8 Å². The van der Waals surface area contributed by atoms with E-state index in [1.807, 2.05) is 0 Å². The van der Waals surface area contributed by atoms with Crippen molar-refractivity contribution in [1.29, 1.82) is 0 Å². The zero-order valence-corrected chi connectivity index (χ0v) is 17.7. The Morgan fingerprint density at radius 1 is 1.17 bits per heavy atom. The van der Waals surface area contributed by atoms with Crippen LogP contribution in [0.2, 0.25) is 0 Å². The summed E-state index contributed by atoms with van der Waals surface area (Å²) in [4.78, 5) is 12.6. The molecule has 0 aromatic heterocycles. The monoisotopic (exact) mass is 442 g/mol. The van der Waals surface area contributed by atoms with Crippen LogP contribution in [0.15, 0.2) is 41.3 Å². The number of nitro groups is 1. The Balaban J connectivity index is 0.00000300. The van der Waals surface area contributed by atoms with E-state index in [0.717, 1.165) is 26.2 Å². The summed E-state index contributed by atoms with van der Waals surface area (Å²) in [6.45, 7) is 4.74. The first-order valence-electron chi connectivity index (χ1n) is 8.73. The summed E-state index contributed by atoms with van der Waals surface area (Å²) < 4.78 is 33.7. The van der Waals surface area contributed by atoms with Gasteiger partial charge >= 0.3 is 0 Å². The highest BCUT2D eigenvalue weighted by Gasteiger charge is 2.22. The van der Waals surface area contributed by atoms with E-state index in [-0.39, 0.29) is 28.7 Å². The van der Waals surface area contributed by atoms with Gasteiger partial charge in [-0.2, -0.15) is 0 Å². The summed E-state index contributed by atoms with van der Waals surface area (Å²) in [6.07, 6.45) is 0. The predicted molar refractivity (Wildman–Crippen MR) is 114 cm³/mol. The molecule has 0 bridgehead atoms. The van der Waals surface area contributed by atoms with Crippen molar-refractivity contribution in [2.45, 2.75) is 11.8 Å². The first-order chi connectivity index (χ1) is 13.3. The van der Waals surface area contributed by atoms with E-state index in [1.165, 1.54) is 24.3 Å². The number of non-ortho nitro benzene ring substituents is 1. The van der Waals surface area contributed by atoms with E-state index in [4.69, 9.17) is 4.74 Å². The normalized spacial score (nSPS) is 14.1. The number of hydrogen-bond acceptors (Lipinski definition) is 7. The van der Waals surface area contributed by atoms with Gasteiger partial charge in [0.15, 0.2) is 0 Å². The molecule has 1 heterocycles. The fraction of sp³-hybridized carbons (Fsp3) is 0.333. The van der Waals surface area contributed by atoms with E-state index >= 15 is 0 Å². The minimum absolute atomic E-state index is 0. The van der Waals surface area contributed by atoms with Crippen molar-refractivity contribution in [3.63, 3.8) is 0 Å². The molecule has 0 amide bonds. The van der Waals surface area contributed by atoms with Gasteiger partial charge in [-0.05, 0) is 30.7 Å². The van der Waals surface area contributed by atoms with E-state index in [9.17, 15) is 18.5 Å². The molecule has 11 heteroatoms. The first-order valence-corrected chi connectivity index (χ1v) is 10.2. The van der Waals surface area contributed by atoms with Gasteiger partial charge in [0.1, 0.15) is 5.75 Å². The van der Waals surface area contributed by atoms with Gasteiger partial charge < -0.3 is 15.0 Å². The maximum Gasteiger partial charge on any atom is 0.271 e. The Labute approximate surface area is 175 Å². The van der Waals surface area contributed by atoms with Crippen LogP contribution >= 0.6 is 12.4 Å². The molecule has 1 saturated heterocycles. The Kier molecular flexibility index (Phi) is 7.28. The van der Waals surface area contributed by atoms with Crippen LogP contribution in [0, 0.1) is 17.0 Å². The second-order valence-corrected chi connectivity index (χ2v) is 8.11. The molecule has 0 aliphatic carbocycles. The summed E-state index contributed by atoms with van der Waals surface area (Å²) in [6, 6.07) is 8.71. The van der Waals surface area contributed by atoms with Gasteiger partial charge in [-0.25, -0.2) is 8.42 Å². The smallest absolute Gasteiger partial charge is 0.271 e. The molecule has 0 atom stereocenters. The van der Waals surface area contributed by atoms with Crippen molar-refractivity contribution in [2.24, 2.45) is 0 Å². The molecule has 0 spiro atoms. The summed E-state index contributed by atoms with van der Waals surface area (Å²) >= 11 is 0. The minimum Gasteiger partial charge on any atom is -0.495 e. The van der Waals surface area contributed by atoms with E-state index in [0.29, 0.717) is 17.0 Å². The molecule has 9 nitrogen and oxygen atoms in total. The van der Waals surface area contributed by atoms with E-state index < -0.39 is 14.9 Å². The van der Waals surface area contributed by atoms with Crippen molar-refractivity contribution in [1.82, 2.24) is 5.32 Å². The summed E-state index contributed by atoms with van der Waals surface area (Å²) in [5.74, 6) is 0.590. The number of piperazine rings is 1. The number of nitrogens with zero attached hydrogens (tertiary/aromatic N) is 2. The third kappa shape index (κ3) is 5.08. The number of methoxy groups -OCH3 is 1. The third-order valence-electron chi connectivity index (χ3n) is 4.59. The van der Waals surface area contributed by atoms with Crippen LogP contribution in [0.1, 0.15) is 5.56 Å². The molecule has 1 fully saturated rings. The Morgan fingerprint density at radius 2 is 1.86 bits per heavy atom. The number of nitrogens with one attached hydrogen (secondary N) is 2. The predicted octanol–water partition coefficient (Wildman–Crippen LogP) is 2.54. The lowest BCUT2D eigenvalue weighted by molar-refractivity contribution is -0.384. The van der Waals surface area contributed by atoms with Crippen molar-refractivity contribution < 1.29 is 18.1 Å². The van der Waals surface area contributed by atoms with Crippen molar-refractivity contribution in [3.05, 3.63) is 52.1 Å². The molecule has 3 rings (SSSR count). The van der Waals surface area contributed by atoms with Crippen molar-refractivity contribution in [3.8, 4) is 5.75 Å². The fourth-order valence-corrected chi connectivity index (χ4v) is 4.17. The molecule has 0 saturated carbocycles. The van der Waals surface area contributed by atoms with Crippen LogP contribution in [0.25, 0.3) is 0 Å². The summed E-state index contributed by atoms with van der Waals surface area (Å²) in [5, 5.41) is 14.2. The second-order valence-electron chi connectivity index (χ2n) is 6.43. The summed E-state index contributed by atoms with van der Waals surface area (Å²) in [5.41, 5.74) is 1.28. The van der Waals surface area contributed by atoms with Gasteiger partial charge in [0.2, 0.25) is 0 Å². The first kappa shape index (κ1) is 22.7.